The number of alkyl halides is 3. The number of halogens is 3. The molecule has 0 bridgehead atoms. The summed E-state index contributed by atoms with van der Waals surface area (Å²) in [7, 11) is 0. The Balaban J connectivity index is 1.95. The van der Waals surface area contributed by atoms with Crippen LogP contribution in [0.3, 0.4) is 0 Å². The molecule has 5 nitrogen and oxygen atoms in total. The van der Waals surface area contributed by atoms with Crippen LogP contribution >= 0.6 is 0 Å². The number of nitrogens with one attached hydrogen (secondary N) is 1. The minimum absolute atomic E-state index is 0.346. The molecule has 1 aromatic heterocycles. The van der Waals surface area contributed by atoms with Gasteiger partial charge < -0.3 is 0 Å². The molecule has 0 fully saturated rings. The van der Waals surface area contributed by atoms with Gasteiger partial charge in [0.2, 0.25) is 0 Å². The second-order valence-corrected chi connectivity index (χ2v) is 4.49. The van der Waals surface area contributed by atoms with Crippen molar-refractivity contribution in [3.63, 3.8) is 0 Å². The van der Waals surface area contributed by atoms with Crippen LogP contribution in [-0.2, 0) is 17.5 Å². The number of benzene rings is 1. The van der Waals surface area contributed by atoms with Crippen molar-refractivity contribution in [2.75, 3.05) is 0 Å². The predicted octanol–water partition coefficient (Wildman–Crippen LogP) is 2.44. The van der Waals surface area contributed by atoms with Crippen molar-refractivity contribution in [1.82, 2.24) is 15.2 Å². The first-order valence-corrected chi connectivity index (χ1v) is 6.35. The molecule has 116 valence electrons. The van der Waals surface area contributed by atoms with E-state index in [0.717, 1.165) is 22.5 Å². The molecule has 0 aliphatic heterocycles. The SMILES string of the molecule is C/C(=N\NC(=O)Cn1ccc(C(F)(F)F)n1)c1ccccc1. The molecule has 0 saturated heterocycles. The molecule has 0 unspecified atom stereocenters. The number of hydrogen-bond acceptors (Lipinski definition) is 3. The molecule has 2 aromatic rings. The van der Waals surface area contributed by atoms with Gasteiger partial charge in [0.25, 0.3) is 5.91 Å². The van der Waals surface area contributed by atoms with Gasteiger partial charge in [0, 0.05) is 6.20 Å². The second-order valence-electron chi connectivity index (χ2n) is 4.49. The van der Waals surface area contributed by atoms with Crippen LogP contribution in [0.4, 0.5) is 13.2 Å². The number of carbonyl (C=O) groups is 1. The van der Waals surface area contributed by atoms with Crippen molar-refractivity contribution >= 4 is 11.6 Å². The van der Waals surface area contributed by atoms with Crippen LogP contribution in [0.1, 0.15) is 18.2 Å². The highest BCUT2D eigenvalue weighted by atomic mass is 19.4. The molecule has 1 amide bonds. The van der Waals surface area contributed by atoms with Crippen LogP contribution in [0.25, 0.3) is 0 Å². The van der Waals surface area contributed by atoms with Gasteiger partial charge in [-0.25, -0.2) is 5.43 Å². The van der Waals surface area contributed by atoms with Crippen LogP contribution in [-0.4, -0.2) is 21.4 Å². The van der Waals surface area contributed by atoms with E-state index in [-0.39, 0.29) is 6.54 Å². The molecule has 0 atom stereocenters. The molecule has 0 spiro atoms. The monoisotopic (exact) mass is 310 g/mol. The number of amides is 1. The number of rotatable bonds is 4. The van der Waals surface area contributed by atoms with Crippen molar-refractivity contribution in [3.05, 3.63) is 53.9 Å². The van der Waals surface area contributed by atoms with Crippen molar-refractivity contribution in [1.29, 1.82) is 0 Å². The maximum atomic E-state index is 12.4. The Morgan fingerprint density at radius 3 is 2.55 bits per heavy atom. The molecular weight excluding hydrogens is 297 g/mol. The topological polar surface area (TPSA) is 59.3 Å². The fraction of sp³-hybridized carbons (Fsp3) is 0.214. The summed E-state index contributed by atoms with van der Waals surface area (Å²) in [6.07, 6.45) is -3.43. The third-order valence-corrected chi connectivity index (χ3v) is 2.78. The van der Waals surface area contributed by atoms with Gasteiger partial charge in [-0.05, 0) is 18.6 Å². The van der Waals surface area contributed by atoms with Gasteiger partial charge in [0.15, 0.2) is 5.69 Å². The van der Waals surface area contributed by atoms with Crippen LogP contribution in [0, 0.1) is 0 Å². The van der Waals surface area contributed by atoms with E-state index in [1.54, 1.807) is 6.92 Å². The third-order valence-electron chi connectivity index (χ3n) is 2.78. The summed E-state index contributed by atoms with van der Waals surface area (Å²) >= 11 is 0. The molecule has 8 heteroatoms. The van der Waals surface area contributed by atoms with Gasteiger partial charge in [-0.15, -0.1) is 0 Å². The lowest BCUT2D eigenvalue weighted by Crippen LogP contribution is -2.24. The fourth-order valence-corrected chi connectivity index (χ4v) is 1.67. The first-order chi connectivity index (χ1) is 10.4. The second kappa shape index (κ2) is 6.42. The van der Waals surface area contributed by atoms with Gasteiger partial charge in [-0.2, -0.15) is 23.4 Å². The molecule has 0 aliphatic rings. The number of nitrogens with zero attached hydrogens (tertiary/aromatic N) is 3. The zero-order chi connectivity index (χ0) is 16.2. The first-order valence-electron chi connectivity index (χ1n) is 6.35. The van der Waals surface area contributed by atoms with Gasteiger partial charge in [0.1, 0.15) is 6.54 Å². The molecular formula is C14H13F3N4O. The van der Waals surface area contributed by atoms with E-state index >= 15 is 0 Å². The summed E-state index contributed by atoms with van der Waals surface area (Å²) in [5.41, 5.74) is 2.67. The number of carbonyl (C=O) groups excluding carboxylic acids is 1. The molecule has 2 rings (SSSR count). The molecule has 1 N–H and O–H groups in total. The number of hydrogen-bond donors (Lipinski definition) is 1. The Kier molecular flexibility index (Phi) is 4.59. The summed E-state index contributed by atoms with van der Waals surface area (Å²) in [6.45, 7) is 1.37. The zero-order valence-corrected chi connectivity index (χ0v) is 11.6. The Morgan fingerprint density at radius 1 is 1.27 bits per heavy atom. The average molecular weight is 310 g/mol. The maximum absolute atomic E-state index is 12.4. The summed E-state index contributed by atoms with van der Waals surface area (Å²) in [5, 5.41) is 7.19. The van der Waals surface area contributed by atoms with E-state index in [1.165, 1.54) is 0 Å². The van der Waals surface area contributed by atoms with Crippen LogP contribution < -0.4 is 5.43 Å². The molecule has 1 heterocycles. The van der Waals surface area contributed by atoms with Crippen molar-refractivity contribution in [3.8, 4) is 0 Å². The lowest BCUT2D eigenvalue weighted by atomic mass is 10.1. The Hall–Kier alpha value is -2.64. The van der Waals surface area contributed by atoms with E-state index in [1.807, 2.05) is 30.3 Å². The maximum Gasteiger partial charge on any atom is 0.435 e. The summed E-state index contributed by atoms with van der Waals surface area (Å²) in [4.78, 5) is 11.6. The lowest BCUT2D eigenvalue weighted by Gasteiger charge is -2.04. The lowest BCUT2D eigenvalue weighted by molar-refractivity contribution is -0.141. The molecule has 0 radical (unpaired) electrons. The predicted molar refractivity (Wildman–Crippen MR) is 74.0 cm³/mol. The number of aromatic nitrogens is 2. The largest absolute Gasteiger partial charge is 0.435 e. The highest BCUT2D eigenvalue weighted by Gasteiger charge is 2.33. The van der Waals surface area contributed by atoms with Crippen LogP contribution in [0.15, 0.2) is 47.7 Å². The molecule has 0 saturated carbocycles. The quantitative estimate of drug-likeness (QED) is 0.696. The minimum atomic E-state index is -4.52. The minimum Gasteiger partial charge on any atom is -0.271 e. The third kappa shape index (κ3) is 4.18. The summed E-state index contributed by atoms with van der Waals surface area (Å²) in [5.74, 6) is -0.563. The Labute approximate surface area is 124 Å². The summed E-state index contributed by atoms with van der Waals surface area (Å²) < 4.78 is 38.1. The van der Waals surface area contributed by atoms with E-state index < -0.39 is 17.8 Å². The summed E-state index contributed by atoms with van der Waals surface area (Å²) in [6, 6.07) is 9.98. The smallest absolute Gasteiger partial charge is 0.271 e. The van der Waals surface area contributed by atoms with E-state index in [2.05, 4.69) is 15.6 Å². The van der Waals surface area contributed by atoms with E-state index in [9.17, 15) is 18.0 Å². The average Bonchev–Trinajstić information content (AvgIpc) is 2.94. The normalized spacial score (nSPS) is 12.3. The van der Waals surface area contributed by atoms with Gasteiger partial charge >= 0.3 is 6.18 Å². The van der Waals surface area contributed by atoms with E-state index in [0.29, 0.717) is 5.71 Å². The molecule has 22 heavy (non-hydrogen) atoms. The Morgan fingerprint density at radius 2 is 1.95 bits per heavy atom. The van der Waals surface area contributed by atoms with Gasteiger partial charge in [0.05, 0.1) is 5.71 Å². The van der Waals surface area contributed by atoms with Gasteiger partial charge in [-0.3, -0.25) is 9.48 Å². The van der Waals surface area contributed by atoms with Crippen LogP contribution in [0.5, 0.6) is 0 Å². The van der Waals surface area contributed by atoms with Crippen LogP contribution in [0.2, 0.25) is 0 Å². The van der Waals surface area contributed by atoms with E-state index in [4.69, 9.17) is 0 Å². The van der Waals surface area contributed by atoms with Crippen molar-refractivity contribution in [2.45, 2.75) is 19.6 Å². The zero-order valence-electron chi connectivity index (χ0n) is 11.6. The standard InChI is InChI=1S/C14H13F3N4O/c1-10(11-5-3-2-4-6-11)18-19-13(22)9-21-8-7-12(20-21)14(15,16)17/h2-8H,9H2,1H3,(H,19,22)/b18-10+. The van der Waals surface area contributed by atoms with Gasteiger partial charge in [-0.1, -0.05) is 30.3 Å². The highest BCUT2D eigenvalue weighted by molar-refractivity contribution is 5.99. The first kappa shape index (κ1) is 15.7. The molecule has 0 aliphatic carbocycles. The van der Waals surface area contributed by atoms with Crippen molar-refractivity contribution < 1.29 is 18.0 Å². The van der Waals surface area contributed by atoms with Crippen molar-refractivity contribution in [2.24, 2.45) is 5.10 Å². The molecule has 1 aromatic carbocycles. The highest BCUT2D eigenvalue weighted by Crippen LogP contribution is 2.27. The number of hydrazone groups is 1. The fourth-order valence-electron chi connectivity index (χ4n) is 1.67. The Bertz CT molecular complexity index is 677.